The Morgan fingerprint density at radius 1 is 1.33 bits per heavy atom. The minimum absolute atomic E-state index is 0.0602. The lowest BCUT2D eigenvalue weighted by Crippen LogP contribution is -2.30. The predicted octanol–water partition coefficient (Wildman–Crippen LogP) is 3.37. The molecule has 0 bridgehead atoms. The molecule has 9 heteroatoms. The summed E-state index contributed by atoms with van der Waals surface area (Å²) in [5, 5.41) is 16.0. The van der Waals surface area contributed by atoms with E-state index in [1.807, 2.05) is 0 Å². The fraction of sp³-hybridized carbons (Fsp3) is 0.333. The van der Waals surface area contributed by atoms with E-state index in [2.05, 4.69) is 5.10 Å². The van der Waals surface area contributed by atoms with E-state index in [0.29, 0.717) is 22.3 Å². The summed E-state index contributed by atoms with van der Waals surface area (Å²) in [4.78, 5) is 24.4. The summed E-state index contributed by atoms with van der Waals surface area (Å²) in [7, 11) is 1.64. The Hall–Kier alpha value is -2.12. The molecular weight excluding hydrogens is 355 g/mol. The largest absolute Gasteiger partial charge is 0.340 e. The number of halogens is 2. The van der Waals surface area contributed by atoms with Crippen molar-refractivity contribution >= 4 is 34.8 Å². The lowest BCUT2D eigenvalue weighted by molar-refractivity contribution is -0.386. The number of aryl methyl sites for hydroxylation is 1. The second kappa shape index (κ2) is 7.19. The zero-order valence-electron chi connectivity index (χ0n) is 13.4. The van der Waals surface area contributed by atoms with Gasteiger partial charge in [-0.3, -0.25) is 19.6 Å². The Kier molecular flexibility index (Phi) is 5.46. The lowest BCUT2D eigenvalue weighted by atomic mass is 10.2. The van der Waals surface area contributed by atoms with Crippen LogP contribution in [-0.4, -0.2) is 32.6 Å². The number of aromatic nitrogens is 2. The van der Waals surface area contributed by atoms with Crippen LogP contribution < -0.4 is 0 Å². The van der Waals surface area contributed by atoms with Gasteiger partial charge in [0.05, 0.1) is 15.0 Å². The average molecular weight is 371 g/mol. The van der Waals surface area contributed by atoms with Gasteiger partial charge >= 0.3 is 5.69 Å². The average Bonchev–Trinajstić information content (AvgIpc) is 2.77. The zero-order valence-corrected chi connectivity index (χ0v) is 14.9. The third kappa shape index (κ3) is 3.85. The van der Waals surface area contributed by atoms with Gasteiger partial charge in [-0.25, -0.2) is 0 Å². The molecule has 0 aliphatic carbocycles. The van der Waals surface area contributed by atoms with Crippen LogP contribution in [0, 0.1) is 24.0 Å². The Morgan fingerprint density at radius 2 is 2.00 bits per heavy atom. The first-order chi connectivity index (χ1) is 11.2. The molecular formula is C15H16Cl2N4O3. The van der Waals surface area contributed by atoms with E-state index in [1.54, 1.807) is 39.1 Å². The number of nitrogens with zero attached hydrogens (tertiary/aromatic N) is 4. The number of nitro groups is 1. The molecule has 0 N–H and O–H groups in total. The molecule has 0 fully saturated rings. The van der Waals surface area contributed by atoms with Crippen molar-refractivity contribution in [2.45, 2.75) is 26.9 Å². The van der Waals surface area contributed by atoms with Crippen molar-refractivity contribution in [1.82, 2.24) is 14.7 Å². The number of carbonyl (C=O) groups is 1. The van der Waals surface area contributed by atoms with Gasteiger partial charge < -0.3 is 4.90 Å². The van der Waals surface area contributed by atoms with Gasteiger partial charge in [-0.2, -0.15) is 5.10 Å². The molecule has 0 spiro atoms. The fourth-order valence-electron chi connectivity index (χ4n) is 2.35. The summed E-state index contributed by atoms with van der Waals surface area (Å²) >= 11 is 11.8. The molecule has 0 radical (unpaired) electrons. The highest BCUT2D eigenvalue weighted by Gasteiger charge is 2.23. The van der Waals surface area contributed by atoms with Gasteiger partial charge in [0.15, 0.2) is 0 Å². The topological polar surface area (TPSA) is 81.3 Å². The van der Waals surface area contributed by atoms with Gasteiger partial charge in [0, 0.05) is 13.6 Å². The Labute approximate surface area is 148 Å². The minimum Gasteiger partial charge on any atom is -0.340 e. The summed E-state index contributed by atoms with van der Waals surface area (Å²) in [5.41, 5.74) is 1.42. The van der Waals surface area contributed by atoms with Crippen LogP contribution in [0.1, 0.15) is 17.0 Å². The van der Waals surface area contributed by atoms with Crippen molar-refractivity contribution in [3.8, 4) is 0 Å². The Balaban J connectivity index is 2.10. The maximum atomic E-state index is 12.3. The highest BCUT2D eigenvalue weighted by atomic mass is 35.5. The quantitative estimate of drug-likeness (QED) is 0.596. The maximum Gasteiger partial charge on any atom is 0.312 e. The molecule has 128 valence electrons. The first-order valence-electron chi connectivity index (χ1n) is 7.07. The van der Waals surface area contributed by atoms with Crippen molar-refractivity contribution in [2.24, 2.45) is 0 Å². The van der Waals surface area contributed by atoms with Gasteiger partial charge in [0.2, 0.25) is 5.91 Å². The third-order valence-electron chi connectivity index (χ3n) is 3.64. The molecule has 1 heterocycles. The van der Waals surface area contributed by atoms with Crippen LogP contribution in [0.5, 0.6) is 0 Å². The highest BCUT2D eigenvalue weighted by molar-refractivity contribution is 6.42. The Morgan fingerprint density at radius 3 is 2.54 bits per heavy atom. The van der Waals surface area contributed by atoms with Crippen LogP contribution >= 0.6 is 23.2 Å². The second-order valence-electron chi connectivity index (χ2n) is 5.43. The van der Waals surface area contributed by atoms with E-state index in [0.717, 1.165) is 5.56 Å². The van der Waals surface area contributed by atoms with Crippen LogP contribution in [0.2, 0.25) is 10.0 Å². The molecule has 7 nitrogen and oxygen atoms in total. The SMILES string of the molecule is Cc1nn(CC(=O)N(C)Cc2ccc(Cl)c(Cl)c2)c(C)c1[N+](=O)[O-]. The summed E-state index contributed by atoms with van der Waals surface area (Å²) in [6, 6.07) is 5.15. The zero-order chi connectivity index (χ0) is 18.0. The number of hydrogen-bond acceptors (Lipinski definition) is 4. The Bertz CT molecular complexity index is 804. The van der Waals surface area contributed by atoms with E-state index in [9.17, 15) is 14.9 Å². The standard InChI is InChI=1S/C15H16Cl2N4O3/c1-9-15(21(23)24)10(2)20(18-9)8-14(22)19(3)7-11-4-5-12(16)13(17)6-11/h4-6H,7-8H2,1-3H3. The number of benzene rings is 1. The van der Waals surface area contributed by atoms with E-state index in [4.69, 9.17) is 23.2 Å². The minimum atomic E-state index is -0.488. The maximum absolute atomic E-state index is 12.3. The summed E-state index contributed by atoms with van der Waals surface area (Å²) < 4.78 is 1.35. The molecule has 2 rings (SSSR count). The van der Waals surface area contributed by atoms with E-state index < -0.39 is 4.92 Å². The molecule has 24 heavy (non-hydrogen) atoms. The number of amides is 1. The van der Waals surface area contributed by atoms with Crippen molar-refractivity contribution in [3.63, 3.8) is 0 Å². The van der Waals surface area contributed by atoms with Crippen LogP contribution in [-0.2, 0) is 17.9 Å². The van der Waals surface area contributed by atoms with Crippen molar-refractivity contribution in [2.75, 3.05) is 7.05 Å². The molecule has 0 unspecified atom stereocenters. The van der Waals surface area contributed by atoms with Gasteiger partial charge in [-0.05, 0) is 31.5 Å². The molecule has 1 aromatic carbocycles. The first kappa shape index (κ1) is 18.2. The third-order valence-corrected chi connectivity index (χ3v) is 4.38. The second-order valence-corrected chi connectivity index (χ2v) is 6.25. The lowest BCUT2D eigenvalue weighted by Gasteiger charge is -2.18. The molecule has 0 saturated heterocycles. The van der Waals surface area contributed by atoms with Crippen LogP contribution in [0.15, 0.2) is 18.2 Å². The van der Waals surface area contributed by atoms with Crippen LogP contribution in [0.25, 0.3) is 0 Å². The van der Waals surface area contributed by atoms with Gasteiger partial charge in [0.1, 0.15) is 17.9 Å². The van der Waals surface area contributed by atoms with E-state index in [1.165, 1.54) is 9.58 Å². The van der Waals surface area contributed by atoms with E-state index in [-0.39, 0.29) is 23.8 Å². The molecule has 0 saturated carbocycles. The number of hydrogen-bond donors (Lipinski definition) is 0. The van der Waals surface area contributed by atoms with Crippen LogP contribution in [0.4, 0.5) is 5.69 Å². The van der Waals surface area contributed by atoms with Gasteiger partial charge in [-0.15, -0.1) is 0 Å². The summed E-state index contributed by atoms with van der Waals surface area (Å²) in [6.07, 6.45) is 0. The first-order valence-corrected chi connectivity index (χ1v) is 7.82. The molecule has 0 atom stereocenters. The van der Waals surface area contributed by atoms with Crippen molar-refractivity contribution < 1.29 is 9.72 Å². The van der Waals surface area contributed by atoms with Crippen LogP contribution in [0.3, 0.4) is 0 Å². The van der Waals surface area contributed by atoms with Crippen molar-refractivity contribution in [1.29, 1.82) is 0 Å². The normalized spacial score (nSPS) is 10.7. The monoisotopic (exact) mass is 370 g/mol. The van der Waals surface area contributed by atoms with E-state index >= 15 is 0 Å². The molecule has 0 aliphatic heterocycles. The number of rotatable bonds is 5. The molecule has 0 aliphatic rings. The number of carbonyl (C=O) groups excluding carboxylic acids is 1. The summed E-state index contributed by atoms with van der Waals surface area (Å²) in [6.45, 7) is 3.39. The van der Waals surface area contributed by atoms with Gasteiger partial charge in [-0.1, -0.05) is 29.3 Å². The molecule has 1 aromatic heterocycles. The smallest absolute Gasteiger partial charge is 0.312 e. The summed E-state index contributed by atoms with van der Waals surface area (Å²) in [5.74, 6) is -0.221. The van der Waals surface area contributed by atoms with Gasteiger partial charge in [0.25, 0.3) is 0 Å². The fourth-order valence-corrected chi connectivity index (χ4v) is 2.68. The number of likely N-dealkylation sites (N-methyl/N-ethyl adjacent to an activating group) is 1. The molecule has 1 amide bonds. The highest BCUT2D eigenvalue weighted by Crippen LogP contribution is 2.24. The molecule has 2 aromatic rings. The predicted molar refractivity (Wildman–Crippen MR) is 91.3 cm³/mol. The van der Waals surface area contributed by atoms with Crippen molar-refractivity contribution in [3.05, 3.63) is 55.3 Å².